The summed E-state index contributed by atoms with van der Waals surface area (Å²) < 4.78 is 46.5. The fourth-order valence-electron chi connectivity index (χ4n) is 4.34. The third-order valence-corrected chi connectivity index (χ3v) is 6.30. The standard InChI is InChI=1S/C26H30F3N5O2/c1-3-33-18(2)23-16-19(9-12-30-23)20-15-22-10-13-31-34(22)24(17-20)36-14-6-4-5-7-21(32-25(33)35)8-11-26(27,28)29/h4-5,9-10,12-13,15-18,21H,3,6-8,11,14H2,1-2H3,(H,32,35)/b5-4+/t18-,21-/m1/s1. The lowest BCUT2D eigenvalue weighted by atomic mass is 10.0. The molecule has 1 aliphatic heterocycles. The van der Waals surface area contributed by atoms with E-state index < -0.39 is 24.7 Å². The smallest absolute Gasteiger partial charge is 0.389 e. The van der Waals surface area contributed by atoms with Crippen LogP contribution in [0.3, 0.4) is 0 Å². The number of pyridine rings is 2. The molecular weight excluding hydrogens is 471 g/mol. The Morgan fingerprint density at radius 1 is 1.14 bits per heavy atom. The molecule has 3 aromatic heterocycles. The summed E-state index contributed by atoms with van der Waals surface area (Å²) in [5, 5.41) is 7.16. The third kappa shape index (κ3) is 6.16. The number of carbonyl (C=O) groups excluding carboxylic acids is 1. The van der Waals surface area contributed by atoms with Crippen molar-refractivity contribution in [1.29, 1.82) is 0 Å². The first-order valence-electron chi connectivity index (χ1n) is 12.1. The van der Waals surface area contributed by atoms with Crippen molar-refractivity contribution in [2.24, 2.45) is 0 Å². The summed E-state index contributed by atoms with van der Waals surface area (Å²) in [6, 6.07) is 8.19. The number of nitrogens with zero attached hydrogens (tertiary/aromatic N) is 4. The van der Waals surface area contributed by atoms with Crippen molar-refractivity contribution in [1.82, 2.24) is 24.8 Å². The lowest BCUT2D eigenvalue weighted by Crippen LogP contribution is -2.46. The zero-order chi connectivity index (χ0) is 25.7. The molecule has 0 radical (unpaired) electrons. The van der Waals surface area contributed by atoms with Gasteiger partial charge in [-0.15, -0.1) is 0 Å². The van der Waals surface area contributed by atoms with Crippen LogP contribution >= 0.6 is 0 Å². The van der Waals surface area contributed by atoms with Crippen molar-refractivity contribution in [2.75, 3.05) is 13.2 Å². The van der Waals surface area contributed by atoms with Gasteiger partial charge in [-0.2, -0.15) is 18.3 Å². The lowest BCUT2D eigenvalue weighted by molar-refractivity contribution is -0.136. The van der Waals surface area contributed by atoms with Gasteiger partial charge in [0, 0.05) is 31.3 Å². The summed E-state index contributed by atoms with van der Waals surface area (Å²) in [6.07, 6.45) is 2.47. The molecule has 0 unspecified atom stereocenters. The van der Waals surface area contributed by atoms with E-state index in [0.717, 1.165) is 16.6 Å². The molecule has 36 heavy (non-hydrogen) atoms. The van der Waals surface area contributed by atoms with E-state index in [1.165, 1.54) is 0 Å². The largest absolute Gasteiger partial charge is 0.477 e. The highest BCUT2D eigenvalue weighted by molar-refractivity contribution is 5.75. The maximum absolute atomic E-state index is 13.1. The van der Waals surface area contributed by atoms with Crippen LogP contribution in [0.25, 0.3) is 16.6 Å². The molecule has 1 N–H and O–H groups in total. The molecule has 0 spiro atoms. The fourth-order valence-corrected chi connectivity index (χ4v) is 4.34. The van der Waals surface area contributed by atoms with Gasteiger partial charge in [-0.25, -0.2) is 9.31 Å². The van der Waals surface area contributed by atoms with E-state index in [0.29, 0.717) is 37.6 Å². The number of carbonyl (C=O) groups is 1. The summed E-state index contributed by atoms with van der Waals surface area (Å²) in [7, 11) is 0. The molecule has 4 rings (SSSR count). The molecule has 10 heteroatoms. The third-order valence-electron chi connectivity index (χ3n) is 6.30. The van der Waals surface area contributed by atoms with Gasteiger partial charge in [-0.05, 0) is 68.5 Å². The molecule has 0 aromatic carbocycles. The Morgan fingerprint density at radius 2 is 1.97 bits per heavy atom. The normalized spacial score (nSPS) is 20.5. The number of ether oxygens (including phenoxy) is 1. The van der Waals surface area contributed by atoms with Gasteiger partial charge >= 0.3 is 12.2 Å². The monoisotopic (exact) mass is 501 g/mol. The number of hydrogen-bond acceptors (Lipinski definition) is 4. The zero-order valence-corrected chi connectivity index (χ0v) is 20.3. The molecule has 0 fully saturated rings. The van der Waals surface area contributed by atoms with E-state index in [-0.39, 0.29) is 12.5 Å². The number of urea groups is 1. The lowest BCUT2D eigenvalue weighted by Gasteiger charge is -2.30. The van der Waals surface area contributed by atoms with Crippen LogP contribution in [0, 0.1) is 0 Å². The van der Waals surface area contributed by atoms with E-state index in [1.54, 1.807) is 27.9 Å². The van der Waals surface area contributed by atoms with Crippen LogP contribution in [-0.4, -0.2) is 50.9 Å². The van der Waals surface area contributed by atoms with Gasteiger partial charge in [-0.3, -0.25) is 4.98 Å². The Labute approximate surface area is 208 Å². The second-order valence-electron chi connectivity index (χ2n) is 8.83. The van der Waals surface area contributed by atoms with E-state index in [2.05, 4.69) is 15.4 Å². The van der Waals surface area contributed by atoms with Crippen LogP contribution in [-0.2, 0) is 0 Å². The van der Waals surface area contributed by atoms with Gasteiger partial charge in [0.15, 0.2) is 0 Å². The molecule has 3 aromatic rings. The Kier molecular flexibility index (Phi) is 7.81. The molecule has 0 saturated carbocycles. The molecule has 4 bridgehead atoms. The van der Waals surface area contributed by atoms with Gasteiger partial charge < -0.3 is 15.0 Å². The first kappa shape index (κ1) is 25.5. The minimum atomic E-state index is -4.29. The molecule has 7 nitrogen and oxygen atoms in total. The van der Waals surface area contributed by atoms with Gasteiger partial charge in [0.2, 0.25) is 5.88 Å². The van der Waals surface area contributed by atoms with Gasteiger partial charge in [0.25, 0.3) is 0 Å². The molecule has 0 aliphatic carbocycles. The van der Waals surface area contributed by atoms with Crippen LogP contribution in [0.15, 0.2) is 54.9 Å². The molecular formula is C26H30F3N5O2. The van der Waals surface area contributed by atoms with Gasteiger partial charge in [-0.1, -0.05) is 12.2 Å². The SMILES string of the molecule is CCN1C(=O)N[C@@H](CCC(F)(F)F)C/C=C/CCOc2cc(cc3ccnn23)-c2ccnc(c2)[C@H]1C. The van der Waals surface area contributed by atoms with Crippen molar-refractivity contribution in [3.05, 3.63) is 60.6 Å². The molecule has 2 amide bonds. The number of hydrogen-bond donors (Lipinski definition) is 1. The molecule has 1 aliphatic rings. The molecule has 4 heterocycles. The van der Waals surface area contributed by atoms with E-state index >= 15 is 0 Å². The summed E-state index contributed by atoms with van der Waals surface area (Å²) in [6.45, 7) is 4.45. The van der Waals surface area contributed by atoms with Gasteiger partial charge in [0.1, 0.15) is 0 Å². The topological polar surface area (TPSA) is 71.8 Å². The molecule has 2 atom stereocenters. The number of fused-ring (bicyclic) bond motifs is 7. The van der Waals surface area contributed by atoms with Crippen LogP contribution in [0.2, 0.25) is 0 Å². The highest BCUT2D eigenvalue weighted by Gasteiger charge is 2.30. The summed E-state index contributed by atoms with van der Waals surface area (Å²) in [5.74, 6) is 0.590. The minimum absolute atomic E-state index is 0.196. The Morgan fingerprint density at radius 3 is 2.75 bits per heavy atom. The van der Waals surface area contributed by atoms with Crippen molar-refractivity contribution >= 4 is 11.5 Å². The first-order chi connectivity index (χ1) is 17.2. The Bertz CT molecular complexity index is 1220. The number of amides is 2. The predicted molar refractivity (Wildman–Crippen MR) is 131 cm³/mol. The van der Waals surface area contributed by atoms with E-state index in [4.69, 9.17) is 4.74 Å². The second-order valence-corrected chi connectivity index (χ2v) is 8.83. The van der Waals surface area contributed by atoms with Crippen molar-refractivity contribution in [2.45, 2.75) is 57.8 Å². The van der Waals surface area contributed by atoms with Crippen molar-refractivity contribution < 1.29 is 22.7 Å². The van der Waals surface area contributed by atoms with Gasteiger partial charge in [0.05, 0.1) is 30.1 Å². The quantitative estimate of drug-likeness (QED) is 0.452. The second kappa shape index (κ2) is 11.0. The minimum Gasteiger partial charge on any atom is -0.477 e. The maximum Gasteiger partial charge on any atom is 0.389 e. The van der Waals surface area contributed by atoms with Crippen molar-refractivity contribution in [3.63, 3.8) is 0 Å². The van der Waals surface area contributed by atoms with Crippen LogP contribution < -0.4 is 10.1 Å². The van der Waals surface area contributed by atoms with Crippen molar-refractivity contribution in [3.8, 4) is 17.0 Å². The maximum atomic E-state index is 13.1. The highest BCUT2D eigenvalue weighted by Crippen LogP contribution is 2.29. The predicted octanol–water partition coefficient (Wildman–Crippen LogP) is 5.93. The Hall–Kier alpha value is -3.56. The summed E-state index contributed by atoms with van der Waals surface area (Å²) in [5.41, 5.74) is 3.39. The number of rotatable bonds is 3. The molecule has 0 saturated heterocycles. The van der Waals surface area contributed by atoms with E-state index in [1.807, 2.05) is 50.3 Å². The first-order valence-corrected chi connectivity index (χ1v) is 12.1. The summed E-state index contributed by atoms with van der Waals surface area (Å²) >= 11 is 0. The van der Waals surface area contributed by atoms with Crippen LogP contribution in [0.1, 0.15) is 51.3 Å². The fraction of sp³-hybridized carbons (Fsp3) is 0.423. The Balaban J connectivity index is 1.69. The number of nitrogens with one attached hydrogen (secondary N) is 1. The van der Waals surface area contributed by atoms with Crippen LogP contribution in [0.4, 0.5) is 18.0 Å². The number of alkyl halides is 3. The highest BCUT2D eigenvalue weighted by atomic mass is 19.4. The molecule has 192 valence electrons. The number of aromatic nitrogens is 3. The summed E-state index contributed by atoms with van der Waals surface area (Å²) in [4.78, 5) is 19.2. The van der Waals surface area contributed by atoms with E-state index in [9.17, 15) is 18.0 Å². The average molecular weight is 502 g/mol. The van der Waals surface area contributed by atoms with Crippen LogP contribution in [0.5, 0.6) is 5.88 Å². The number of halogens is 3. The average Bonchev–Trinajstić information content (AvgIpc) is 3.33. The zero-order valence-electron chi connectivity index (χ0n) is 20.3.